The largest absolute Gasteiger partial charge is 0.486 e. The summed E-state index contributed by atoms with van der Waals surface area (Å²) in [5, 5.41) is 0. The molecule has 0 N–H and O–H groups in total. The molecule has 0 spiro atoms. The Morgan fingerprint density at radius 3 is 2.21 bits per heavy atom. The maximum atomic E-state index is 13.2. The number of benzene rings is 3. The van der Waals surface area contributed by atoms with Gasteiger partial charge in [0, 0.05) is 20.0 Å². The predicted molar refractivity (Wildman–Crippen MR) is 137 cm³/mol. The Labute approximate surface area is 203 Å². The minimum atomic E-state index is -0.492. The number of amides is 1. The maximum Gasteiger partial charge on any atom is 0.229 e. The summed E-state index contributed by atoms with van der Waals surface area (Å²) in [6.45, 7) is 6.46. The zero-order valence-electron chi connectivity index (χ0n) is 20.7. The van der Waals surface area contributed by atoms with Gasteiger partial charge in [0.25, 0.3) is 0 Å². The number of carbonyl (C=O) groups is 1. The molecule has 3 rings (SSSR count). The van der Waals surface area contributed by atoms with Gasteiger partial charge in [-0.1, -0.05) is 80.6 Å². The number of carbonyl (C=O) groups excluding carboxylic acids is 1. The summed E-state index contributed by atoms with van der Waals surface area (Å²) in [5.41, 5.74) is 4.00. The number of hydrogen-bond acceptors (Lipinski definition) is 2. The van der Waals surface area contributed by atoms with E-state index in [9.17, 15) is 9.18 Å². The van der Waals surface area contributed by atoms with E-state index in [1.54, 1.807) is 29.2 Å². The Hall–Kier alpha value is -3.14. The summed E-state index contributed by atoms with van der Waals surface area (Å²) in [6.07, 6.45) is 1.45. The lowest BCUT2D eigenvalue weighted by molar-refractivity contribution is -0.131. The van der Waals surface area contributed by atoms with E-state index < -0.39 is 6.67 Å². The fraction of sp³-hybridized carbons (Fsp3) is 0.367. The third-order valence-electron chi connectivity index (χ3n) is 6.10. The van der Waals surface area contributed by atoms with Gasteiger partial charge in [-0.3, -0.25) is 4.79 Å². The summed E-state index contributed by atoms with van der Waals surface area (Å²) < 4.78 is 19.1. The third kappa shape index (κ3) is 7.18. The van der Waals surface area contributed by atoms with Crippen molar-refractivity contribution in [1.29, 1.82) is 0 Å². The Kier molecular flexibility index (Phi) is 9.26. The van der Waals surface area contributed by atoms with E-state index in [1.807, 2.05) is 56.4 Å². The van der Waals surface area contributed by atoms with Crippen LogP contribution in [-0.2, 0) is 17.9 Å². The van der Waals surface area contributed by atoms with Gasteiger partial charge in [0.05, 0.1) is 5.92 Å². The fourth-order valence-corrected chi connectivity index (χ4v) is 4.14. The zero-order chi connectivity index (χ0) is 24.5. The minimum Gasteiger partial charge on any atom is -0.486 e. The lowest BCUT2D eigenvalue weighted by Gasteiger charge is -2.25. The van der Waals surface area contributed by atoms with E-state index >= 15 is 0 Å². The van der Waals surface area contributed by atoms with E-state index in [2.05, 4.69) is 26.0 Å². The first-order valence-electron chi connectivity index (χ1n) is 12.1. The predicted octanol–water partition coefficient (Wildman–Crippen LogP) is 7.13. The third-order valence-corrected chi connectivity index (χ3v) is 6.10. The molecule has 0 heterocycles. The summed E-state index contributed by atoms with van der Waals surface area (Å²) in [4.78, 5) is 15.0. The van der Waals surface area contributed by atoms with Crippen molar-refractivity contribution in [2.24, 2.45) is 5.92 Å². The van der Waals surface area contributed by atoms with E-state index in [4.69, 9.17) is 4.74 Å². The molecule has 3 aromatic rings. The molecule has 1 amide bonds. The van der Waals surface area contributed by atoms with E-state index in [0.29, 0.717) is 30.2 Å². The van der Waals surface area contributed by atoms with Gasteiger partial charge in [-0.25, -0.2) is 4.39 Å². The first-order valence-corrected chi connectivity index (χ1v) is 12.1. The minimum absolute atomic E-state index is 0.0980. The van der Waals surface area contributed by atoms with Gasteiger partial charge < -0.3 is 9.64 Å². The molecule has 0 aliphatic heterocycles. The van der Waals surface area contributed by atoms with Crippen LogP contribution in [0.4, 0.5) is 4.39 Å². The van der Waals surface area contributed by atoms with Crippen LogP contribution in [0.15, 0.2) is 78.9 Å². The Balaban J connectivity index is 1.67. The van der Waals surface area contributed by atoms with Gasteiger partial charge in [0.15, 0.2) is 0 Å². The van der Waals surface area contributed by atoms with Gasteiger partial charge in [0.2, 0.25) is 5.91 Å². The van der Waals surface area contributed by atoms with Crippen LogP contribution in [0.3, 0.4) is 0 Å². The number of rotatable bonds is 11. The van der Waals surface area contributed by atoms with Crippen LogP contribution in [0.25, 0.3) is 0 Å². The molecule has 2 atom stereocenters. The van der Waals surface area contributed by atoms with Crippen molar-refractivity contribution in [2.75, 3.05) is 13.6 Å². The number of hydrogen-bond donors (Lipinski definition) is 0. The van der Waals surface area contributed by atoms with Crippen LogP contribution in [-0.4, -0.2) is 24.4 Å². The second kappa shape index (κ2) is 12.4. The lowest BCUT2D eigenvalue weighted by Crippen LogP contribution is -2.32. The summed E-state index contributed by atoms with van der Waals surface area (Å²) in [7, 11) is 1.86. The van der Waals surface area contributed by atoms with Crippen LogP contribution >= 0.6 is 0 Å². The standard InChI is InChI=1S/C30H36FNO2/c1-22(2)19-25-9-8-12-27(20-25)23(3)30(33)32(4)18-17-29(26-10-6-5-7-11-26)34-28-15-13-24(21-31)14-16-28/h5-16,20,22-23,29H,17-19,21H2,1-4H3/t23?,29-/m0/s1. The SMILES string of the molecule is CC(C)Cc1cccc(C(C)C(=O)N(C)CC[C@H](Oc2ccc(CF)cc2)c2ccccc2)c1. The Morgan fingerprint density at radius 2 is 1.56 bits per heavy atom. The van der Waals surface area contributed by atoms with Crippen molar-refractivity contribution in [3.63, 3.8) is 0 Å². The molecule has 0 aliphatic rings. The van der Waals surface area contributed by atoms with Crippen LogP contribution in [0.1, 0.15) is 61.5 Å². The summed E-state index contributed by atoms with van der Waals surface area (Å²) in [6, 6.07) is 25.5. The quantitative estimate of drug-likeness (QED) is 0.304. The van der Waals surface area contributed by atoms with Crippen molar-refractivity contribution < 1.29 is 13.9 Å². The maximum absolute atomic E-state index is 13.2. The van der Waals surface area contributed by atoms with Gasteiger partial charge in [-0.15, -0.1) is 0 Å². The lowest BCUT2D eigenvalue weighted by atomic mass is 9.94. The van der Waals surface area contributed by atoms with Gasteiger partial charge in [-0.05, 0) is 53.6 Å². The highest BCUT2D eigenvalue weighted by molar-refractivity contribution is 5.83. The topological polar surface area (TPSA) is 29.5 Å². The van der Waals surface area contributed by atoms with Gasteiger partial charge >= 0.3 is 0 Å². The van der Waals surface area contributed by atoms with Gasteiger partial charge in [0.1, 0.15) is 18.5 Å². The highest BCUT2D eigenvalue weighted by Gasteiger charge is 2.22. The van der Waals surface area contributed by atoms with E-state index in [0.717, 1.165) is 17.5 Å². The average molecular weight is 462 g/mol. The molecule has 0 fully saturated rings. The smallest absolute Gasteiger partial charge is 0.229 e. The Bertz CT molecular complexity index is 1030. The van der Waals surface area contributed by atoms with Crippen molar-refractivity contribution in [1.82, 2.24) is 4.90 Å². The molecular formula is C30H36FNO2. The monoisotopic (exact) mass is 461 g/mol. The van der Waals surface area contributed by atoms with Crippen LogP contribution in [0, 0.1) is 5.92 Å². The van der Waals surface area contributed by atoms with Crippen molar-refractivity contribution >= 4 is 5.91 Å². The van der Waals surface area contributed by atoms with Crippen LogP contribution in [0.5, 0.6) is 5.75 Å². The highest BCUT2D eigenvalue weighted by atomic mass is 19.1. The number of nitrogens with zero attached hydrogens (tertiary/aromatic N) is 1. The van der Waals surface area contributed by atoms with E-state index in [1.165, 1.54) is 5.56 Å². The van der Waals surface area contributed by atoms with E-state index in [-0.39, 0.29) is 17.9 Å². The molecular weight excluding hydrogens is 425 g/mol. The number of halogens is 1. The molecule has 34 heavy (non-hydrogen) atoms. The highest BCUT2D eigenvalue weighted by Crippen LogP contribution is 2.27. The summed E-state index contributed by atoms with van der Waals surface area (Å²) in [5.74, 6) is 1.16. The molecule has 0 aliphatic carbocycles. The Morgan fingerprint density at radius 1 is 0.882 bits per heavy atom. The van der Waals surface area contributed by atoms with Crippen molar-refractivity contribution in [3.05, 3.63) is 101 Å². The van der Waals surface area contributed by atoms with Crippen LogP contribution in [0.2, 0.25) is 0 Å². The zero-order valence-corrected chi connectivity index (χ0v) is 20.7. The van der Waals surface area contributed by atoms with Crippen molar-refractivity contribution in [3.8, 4) is 5.75 Å². The number of ether oxygens (including phenoxy) is 1. The molecule has 3 aromatic carbocycles. The molecule has 0 aromatic heterocycles. The molecule has 180 valence electrons. The molecule has 0 saturated heterocycles. The molecule has 0 saturated carbocycles. The molecule has 1 unspecified atom stereocenters. The van der Waals surface area contributed by atoms with Crippen molar-refractivity contribution in [2.45, 2.75) is 52.3 Å². The van der Waals surface area contributed by atoms with Crippen LogP contribution < -0.4 is 4.74 Å². The first kappa shape index (κ1) is 25.5. The fourth-order valence-electron chi connectivity index (χ4n) is 4.14. The average Bonchev–Trinajstić information content (AvgIpc) is 2.86. The first-order chi connectivity index (χ1) is 16.4. The second-order valence-electron chi connectivity index (χ2n) is 9.41. The number of alkyl halides is 1. The number of likely N-dealkylation sites (N-methyl/N-ethyl adjacent to an activating group) is 1. The molecule has 3 nitrogen and oxygen atoms in total. The van der Waals surface area contributed by atoms with Gasteiger partial charge in [-0.2, -0.15) is 0 Å². The molecule has 4 heteroatoms. The second-order valence-corrected chi connectivity index (χ2v) is 9.41. The molecule has 0 bridgehead atoms. The molecule has 0 radical (unpaired) electrons. The normalized spacial score (nSPS) is 12.9. The summed E-state index contributed by atoms with van der Waals surface area (Å²) >= 11 is 0.